The fourth-order valence-corrected chi connectivity index (χ4v) is 2.45. The molecule has 0 spiro atoms. The van der Waals surface area contributed by atoms with Gasteiger partial charge in [0.25, 0.3) is 0 Å². The summed E-state index contributed by atoms with van der Waals surface area (Å²) in [7, 11) is 1.72. The van der Waals surface area contributed by atoms with E-state index in [4.69, 9.17) is 9.47 Å². The highest BCUT2D eigenvalue weighted by Gasteiger charge is 2.34. The van der Waals surface area contributed by atoms with Gasteiger partial charge in [-0.25, -0.2) is 9.78 Å². The number of hydrogen-bond donors (Lipinski definition) is 2. The molecule has 0 atom stereocenters. The summed E-state index contributed by atoms with van der Waals surface area (Å²) in [6, 6.07) is 3.99. The third-order valence-corrected chi connectivity index (χ3v) is 3.71. The first-order valence-corrected chi connectivity index (χ1v) is 9.23. The Hall–Kier alpha value is -2.51. The van der Waals surface area contributed by atoms with E-state index in [1.54, 1.807) is 18.1 Å². The van der Waals surface area contributed by atoms with Crippen LogP contribution < -0.4 is 15.4 Å². The van der Waals surface area contributed by atoms with E-state index < -0.39 is 5.60 Å². The number of amides is 1. The summed E-state index contributed by atoms with van der Waals surface area (Å²) in [6.07, 6.45) is 1.61. The number of likely N-dealkylation sites (tertiary alicyclic amines) is 1. The van der Waals surface area contributed by atoms with Crippen LogP contribution in [-0.4, -0.2) is 59.8 Å². The van der Waals surface area contributed by atoms with Gasteiger partial charge in [-0.3, -0.25) is 4.99 Å². The highest BCUT2D eigenvalue weighted by molar-refractivity contribution is 5.80. The van der Waals surface area contributed by atoms with Gasteiger partial charge < -0.3 is 25.0 Å². The summed E-state index contributed by atoms with van der Waals surface area (Å²) in [5, 5.41) is 6.55. The number of ether oxygens (including phenoxy) is 2. The number of pyridine rings is 1. The van der Waals surface area contributed by atoms with Crippen molar-refractivity contribution >= 4 is 12.1 Å². The molecule has 0 bridgehead atoms. The van der Waals surface area contributed by atoms with Crippen LogP contribution in [0.15, 0.2) is 23.3 Å². The average molecular weight is 377 g/mol. The Morgan fingerprint density at radius 3 is 2.59 bits per heavy atom. The molecule has 2 rings (SSSR count). The van der Waals surface area contributed by atoms with E-state index in [0.717, 1.165) is 5.56 Å². The minimum Gasteiger partial charge on any atom is -0.475 e. The van der Waals surface area contributed by atoms with Gasteiger partial charge in [-0.05, 0) is 40.2 Å². The van der Waals surface area contributed by atoms with Crippen molar-refractivity contribution in [1.29, 1.82) is 0 Å². The highest BCUT2D eigenvalue weighted by atomic mass is 16.6. The van der Waals surface area contributed by atoms with Crippen molar-refractivity contribution in [3.8, 4) is 5.88 Å². The number of aliphatic imine (C=N–C) groups is 1. The third kappa shape index (κ3) is 6.96. The van der Waals surface area contributed by atoms with Gasteiger partial charge in [0.1, 0.15) is 5.60 Å². The summed E-state index contributed by atoms with van der Waals surface area (Å²) < 4.78 is 10.9. The molecule has 1 aliphatic rings. The maximum absolute atomic E-state index is 12.0. The van der Waals surface area contributed by atoms with Crippen molar-refractivity contribution in [3.05, 3.63) is 23.9 Å². The van der Waals surface area contributed by atoms with E-state index in [-0.39, 0.29) is 18.2 Å². The molecule has 8 nitrogen and oxygen atoms in total. The molecule has 27 heavy (non-hydrogen) atoms. The summed E-state index contributed by atoms with van der Waals surface area (Å²) in [5.41, 5.74) is 0.551. The normalized spacial score (nSPS) is 15.4. The molecule has 0 aliphatic carbocycles. The van der Waals surface area contributed by atoms with Crippen molar-refractivity contribution < 1.29 is 14.3 Å². The van der Waals surface area contributed by atoms with E-state index >= 15 is 0 Å². The molecular weight excluding hydrogens is 346 g/mol. The van der Waals surface area contributed by atoms with Gasteiger partial charge in [-0.2, -0.15) is 0 Å². The lowest BCUT2D eigenvalue weighted by Gasteiger charge is -2.40. The first-order valence-electron chi connectivity index (χ1n) is 9.23. The molecule has 1 aromatic rings. The van der Waals surface area contributed by atoms with Gasteiger partial charge >= 0.3 is 6.09 Å². The van der Waals surface area contributed by atoms with Gasteiger partial charge in [0, 0.05) is 38.9 Å². The first kappa shape index (κ1) is 20.8. The van der Waals surface area contributed by atoms with E-state index in [0.29, 0.717) is 31.5 Å². The van der Waals surface area contributed by atoms with Gasteiger partial charge in [-0.1, -0.05) is 6.07 Å². The van der Waals surface area contributed by atoms with Gasteiger partial charge in [0.15, 0.2) is 5.96 Å². The molecule has 1 amide bonds. The molecule has 1 fully saturated rings. The fourth-order valence-electron chi connectivity index (χ4n) is 2.45. The number of nitrogens with zero attached hydrogens (tertiary/aromatic N) is 3. The summed E-state index contributed by atoms with van der Waals surface area (Å²) in [5.74, 6) is 1.30. The molecule has 150 valence electrons. The highest BCUT2D eigenvalue weighted by Crippen LogP contribution is 2.15. The van der Waals surface area contributed by atoms with Crippen LogP contribution in [0.3, 0.4) is 0 Å². The van der Waals surface area contributed by atoms with Crippen LogP contribution >= 0.6 is 0 Å². The second-order valence-electron chi connectivity index (χ2n) is 7.82. The van der Waals surface area contributed by atoms with Crippen molar-refractivity contribution in [3.63, 3.8) is 0 Å². The SMILES string of the molecule is CN=C(NCc1ccc(OC(C)C)nc1)NC1CN(C(=O)OC(C)(C)C)C1. The molecule has 8 heteroatoms. The number of hydrogen-bond acceptors (Lipinski definition) is 5. The zero-order valence-electron chi connectivity index (χ0n) is 17.1. The van der Waals surface area contributed by atoms with E-state index in [1.165, 1.54) is 0 Å². The topological polar surface area (TPSA) is 88.1 Å². The number of guanidine groups is 1. The first-order chi connectivity index (χ1) is 12.7. The molecule has 0 aromatic carbocycles. The van der Waals surface area contributed by atoms with Crippen LogP contribution in [0.25, 0.3) is 0 Å². The fraction of sp³-hybridized carbons (Fsp3) is 0.632. The molecule has 2 heterocycles. The molecule has 1 aromatic heterocycles. The number of carbonyl (C=O) groups excluding carboxylic acids is 1. The Morgan fingerprint density at radius 1 is 1.37 bits per heavy atom. The van der Waals surface area contributed by atoms with Gasteiger partial charge in [-0.15, -0.1) is 0 Å². The Bertz CT molecular complexity index is 646. The summed E-state index contributed by atoms with van der Waals surface area (Å²) >= 11 is 0. The number of carbonyl (C=O) groups is 1. The monoisotopic (exact) mass is 377 g/mol. The Kier molecular flexibility index (Phi) is 6.87. The quantitative estimate of drug-likeness (QED) is 0.604. The smallest absolute Gasteiger partial charge is 0.410 e. The zero-order chi connectivity index (χ0) is 20.0. The molecule has 1 saturated heterocycles. The largest absolute Gasteiger partial charge is 0.475 e. The lowest BCUT2D eigenvalue weighted by Crippen LogP contribution is -2.63. The van der Waals surface area contributed by atoms with E-state index in [9.17, 15) is 4.79 Å². The Balaban J connectivity index is 1.73. The van der Waals surface area contributed by atoms with Crippen LogP contribution in [0.1, 0.15) is 40.2 Å². The average Bonchev–Trinajstić information content (AvgIpc) is 2.52. The maximum Gasteiger partial charge on any atom is 0.410 e. The Labute approximate surface area is 161 Å². The lowest BCUT2D eigenvalue weighted by atomic mass is 10.1. The van der Waals surface area contributed by atoms with E-state index in [1.807, 2.05) is 46.8 Å². The number of rotatable bonds is 5. The minimum absolute atomic E-state index is 0.104. The number of nitrogens with one attached hydrogen (secondary N) is 2. The second kappa shape index (κ2) is 8.92. The molecule has 1 aliphatic heterocycles. The molecule has 2 N–H and O–H groups in total. The van der Waals surface area contributed by atoms with Crippen molar-refractivity contribution in [2.24, 2.45) is 4.99 Å². The lowest BCUT2D eigenvalue weighted by molar-refractivity contribution is 0.00701. The predicted octanol–water partition coefficient (Wildman–Crippen LogP) is 2.15. The standard InChI is InChI=1S/C19H31N5O3/c1-13(2)26-16-8-7-14(9-21-16)10-22-17(20-6)23-15-11-24(12-15)18(25)27-19(3,4)5/h7-9,13,15H,10-12H2,1-6H3,(H2,20,22,23). The van der Waals surface area contributed by atoms with Crippen molar-refractivity contribution in [2.45, 2.75) is 58.9 Å². The molecule has 0 radical (unpaired) electrons. The molecular formula is C19H31N5O3. The molecule has 0 unspecified atom stereocenters. The molecule has 0 saturated carbocycles. The van der Waals surface area contributed by atoms with Crippen molar-refractivity contribution in [1.82, 2.24) is 20.5 Å². The summed E-state index contributed by atoms with van der Waals surface area (Å²) in [4.78, 5) is 22.1. The minimum atomic E-state index is -0.475. The van der Waals surface area contributed by atoms with Gasteiger partial charge in [0.2, 0.25) is 5.88 Å². The number of aromatic nitrogens is 1. The van der Waals surface area contributed by atoms with Crippen LogP contribution in [0.5, 0.6) is 5.88 Å². The predicted molar refractivity (Wildman–Crippen MR) is 105 cm³/mol. The zero-order valence-corrected chi connectivity index (χ0v) is 17.1. The summed E-state index contributed by atoms with van der Waals surface area (Å²) in [6.45, 7) is 11.3. The second-order valence-corrected chi connectivity index (χ2v) is 7.82. The van der Waals surface area contributed by atoms with E-state index in [2.05, 4.69) is 20.6 Å². The van der Waals surface area contributed by atoms with Crippen LogP contribution in [-0.2, 0) is 11.3 Å². The Morgan fingerprint density at radius 2 is 2.07 bits per heavy atom. The van der Waals surface area contributed by atoms with Crippen molar-refractivity contribution in [2.75, 3.05) is 20.1 Å². The maximum atomic E-state index is 12.0. The van der Waals surface area contributed by atoms with Crippen LogP contribution in [0.4, 0.5) is 4.79 Å². The van der Waals surface area contributed by atoms with Crippen LogP contribution in [0, 0.1) is 0 Å². The van der Waals surface area contributed by atoms with Crippen LogP contribution in [0.2, 0.25) is 0 Å². The third-order valence-electron chi connectivity index (χ3n) is 3.71. The van der Waals surface area contributed by atoms with Gasteiger partial charge in [0.05, 0.1) is 12.1 Å².